The lowest BCUT2D eigenvalue weighted by Crippen LogP contribution is -2.58. The summed E-state index contributed by atoms with van der Waals surface area (Å²) in [5.41, 5.74) is 5.87. The SMILES string of the molecule is CC(C)[C@H]1CC[C@@H]2[C@]1(C)CC[C@]1(C)C3=CC[C@@H]4C(C)(C)CCC[C@]4(C)C3=CC[C@@]21C. The number of fused-ring (bicyclic) bond motifs is 7. The third-order valence-corrected chi connectivity index (χ3v) is 12.4. The van der Waals surface area contributed by atoms with Gasteiger partial charge in [-0.3, -0.25) is 0 Å². The van der Waals surface area contributed by atoms with Gasteiger partial charge < -0.3 is 0 Å². The Morgan fingerprint density at radius 1 is 0.800 bits per heavy atom. The largest absolute Gasteiger partial charge is 0.0801 e. The zero-order valence-corrected chi connectivity index (χ0v) is 21.3. The fraction of sp³-hybridized carbons (Fsp3) is 0.867. The van der Waals surface area contributed by atoms with Crippen LogP contribution in [0.25, 0.3) is 0 Å². The summed E-state index contributed by atoms with van der Waals surface area (Å²) in [5.74, 6) is 3.48. The van der Waals surface area contributed by atoms with Crippen molar-refractivity contribution in [3.05, 3.63) is 23.3 Å². The Kier molecular flexibility index (Phi) is 4.47. The molecule has 30 heavy (non-hydrogen) atoms. The molecule has 168 valence electrons. The molecule has 0 aliphatic heterocycles. The highest BCUT2D eigenvalue weighted by atomic mass is 14.7. The molecular formula is C30H48. The van der Waals surface area contributed by atoms with Gasteiger partial charge in [-0.05, 0) is 113 Å². The van der Waals surface area contributed by atoms with Gasteiger partial charge in [0, 0.05) is 0 Å². The molecule has 0 nitrogen and oxygen atoms in total. The Morgan fingerprint density at radius 2 is 1.53 bits per heavy atom. The van der Waals surface area contributed by atoms with E-state index in [1.54, 1.807) is 5.57 Å². The Balaban J connectivity index is 1.59. The third kappa shape index (κ3) is 2.41. The average Bonchev–Trinajstić information content (AvgIpc) is 3.01. The Bertz CT molecular complexity index is 795. The second-order valence-electron chi connectivity index (χ2n) is 14.2. The van der Waals surface area contributed by atoms with Crippen LogP contribution in [0, 0.1) is 50.7 Å². The fourth-order valence-electron chi connectivity index (χ4n) is 10.6. The highest BCUT2D eigenvalue weighted by Crippen LogP contribution is 2.75. The van der Waals surface area contributed by atoms with Gasteiger partial charge in [-0.25, -0.2) is 0 Å². The van der Waals surface area contributed by atoms with Crippen LogP contribution in [0.15, 0.2) is 23.3 Å². The number of hydrogen-bond donors (Lipinski definition) is 0. The molecule has 5 aliphatic carbocycles. The maximum atomic E-state index is 2.79. The highest BCUT2D eigenvalue weighted by Gasteiger charge is 2.66. The van der Waals surface area contributed by atoms with Gasteiger partial charge in [0.15, 0.2) is 0 Å². The molecule has 0 amide bonds. The first-order valence-electron chi connectivity index (χ1n) is 13.3. The van der Waals surface area contributed by atoms with Crippen LogP contribution in [0.5, 0.6) is 0 Å². The van der Waals surface area contributed by atoms with Crippen molar-refractivity contribution in [2.75, 3.05) is 0 Å². The van der Waals surface area contributed by atoms with Crippen molar-refractivity contribution >= 4 is 0 Å². The molecule has 0 bridgehead atoms. The van der Waals surface area contributed by atoms with E-state index in [0.717, 1.165) is 23.7 Å². The van der Waals surface area contributed by atoms with Gasteiger partial charge in [-0.2, -0.15) is 0 Å². The summed E-state index contributed by atoms with van der Waals surface area (Å²) in [5, 5.41) is 0. The molecule has 7 atom stereocenters. The quantitative estimate of drug-likeness (QED) is 0.406. The van der Waals surface area contributed by atoms with Gasteiger partial charge in [-0.15, -0.1) is 0 Å². The van der Waals surface area contributed by atoms with Crippen LogP contribution < -0.4 is 0 Å². The van der Waals surface area contributed by atoms with E-state index in [-0.39, 0.29) is 0 Å². The van der Waals surface area contributed by atoms with Crippen molar-refractivity contribution in [2.45, 2.75) is 113 Å². The van der Waals surface area contributed by atoms with Crippen LogP contribution >= 0.6 is 0 Å². The summed E-state index contributed by atoms with van der Waals surface area (Å²) in [6.45, 7) is 20.8. The summed E-state index contributed by atoms with van der Waals surface area (Å²) < 4.78 is 0. The minimum Gasteiger partial charge on any atom is -0.0801 e. The number of hydrogen-bond acceptors (Lipinski definition) is 0. The number of rotatable bonds is 1. The summed E-state index contributed by atoms with van der Waals surface area (Å²) in [6.07, 6.45) is 18.2. The van der Waals surface area contributed by atoms with Gasteiger partial charge in [-0.1, -0.05) is 74.0 Å². The second-order valence-corrected chi connectivity index (χ2v) is 14.2. The molecule has 0 radical (unpaired) electrons. The minimum atomic E-state index is 0.378. The molecule has 0 saturated heterocycles. The van der Waals surface area contributed by atoms with Crippen molar-refractivity contribution in [2.24, 2.45) is 50.7 Å². The zero-order chi connectivity index (χ0) is 21.7. The molecule has 5 aliphatic rings. The average molecular weight is 409 g/mol. The van der Waals surface area contributed by atoms with Crippen molar-refractivity contribution in [1.82, 2.24) is 0 Å². The minimum absolute atomic E-state index is 0.378. The smallest absolute Gasteiger partial charge is 0.00158 e. The van der Waals surface area contributed by atoms with Crippen LogP contribution in [0.4, 0.5) is 0 Å². The molecule has 0 unspecified atom stereocenters. The van der Waals surface area contributed by atoms with E-state index in [4.69, 9.17) is 0 Å². The van der Waals surface area contributed by atoms with Crippen molar-refractivity contribution in [1.29, 1.82) is 0 Å². The van der Waals surface area contributed by atoms with Gasteiger partial charge >= 0.3 is 0 Å². The molecule has 3 saturated carbocycles. The topological polar surface area (TPSA) is 0 Å². The second kappa shape index (κ2) is 6.29. The lowest BCUT2D eigenvalue weighted by Gasteiger charge is -2.66. The lowest BCUT2D eigenvalue weighted by molar-refractivity contribution is -0.102. The van der Waals surface area contributed by atoms with Crippen molar-refractivity contribution in [3.63, 3.8) is 0 Å². The predicted molar refractivity (Wildman–Crippen MR) is 129 cm³/mol. The van der Waals surface area contributed by atoms with E-state index < -0.39 is 0 Å². The molecule has 0 heterocycles. The van der Waals surface area contributed by atoms with E-state index in [0.29, 0.717) is 27.1 Å². The van der Waals surface area contributed by atoms with Crippen LogP contribution in [-0.2, 0) is 0 Å². The summed E-state index contributed by atoms with van der Waals surface area (Å²) >= 11 is 0. The standard InChI is InChI=1S/C30H48/c1-20(2)21-10-13-25-28(21,6)18-19-29(7)23-11-12-24-26(3,4)15-9-16-27(24,5)22(23)14-17-30(25,29)8/h11,14,20-21,24-25H,9-10,12-13,15-19H2,1-8H3/t21-,24-,25-,27-,28-,29-,30+/m1/s1. The van der Waals surface area contributed by atoms with E-state index in [1.165, 1.54) is 57.8 Å². The lowest BCUT2D eigenvalue weighted by atomic mass is 9.38. The first-order chi connectivity index (χ1) is 13.9. The Labute approximate surface area is 187 Å². The van der Waals surface area contributed by atoms with Crippen molar-refractivity contribution in [3.8, 4) is 0 Å². The molecule has 5 rings (SSSR count). The summed E-state index contributed by atoms with van der Waals surface area (Å²) in [7, 11) is 0. The Morgan fingerprint density at radius 3 is 2.23 bits per heavy atom. The van der Waals surface area contributed by atoms with E-state index in [9.17, 15) is 0 Å². The number of allylic oxidation sites excluding steroid dienone is 4. The fourth-order valence-corrected chi connectivity index (χ4v) is 10.6. The van der Waals surface area contributed by atoms with Crippen LogP contribution in [0.1, 0.15) is 113 Å². The molecule has 0 spiro atoms. The van der Waals surface area contributed by atoms with Gasteiger partial charge in [0.2, 0.25) is 0 Å². The molecule has 3 fully saturated rings. The predicted octanol–water partition coefficient (Wildman–Crippen LogP) is 8.97. The van der Waals surface area contributed by atoms with Gasteiger partial charge in [0.05, 0.1) is 0 Å². The van der Waals surface area contributed by atoms with Gasteiger partial charge in [0.25, 0.3) is 0 Å². The first-order valence-corrected chi connectivity index (χ1v) is 13.3. The zero-order valence-electron chi connectivity index (χ0n) is 21.3. The Hall–Kier alpha value is -0.520. The maximum absolute atomic E-state index is 2.79. The summed E-state index contributed by atoms with van der Waals surface area (Å²) in [6, 6.07) is 0. The van der Waals surface area contributed by atoms with Gasteiger partial charge in [0.1, 0.15) is 0 Å². The molecule has 0 N–H and O–H groups in total. The van der Waals surface area contributed by atoms with E-state index in [1.807, 2.05) is 5.57 Å². The first kappa shape index (κ1) is 21.3. The summed E-state index contributed by atoms with van der Waals surface area (Å²) in [4.78, 5) is 0. The van der Waals surface area contributed by atoms with E-state index >= 15 is 0 Å². The normalized spacial score (nSPS) is 52.0. The monoisotopic (exact) mass is 408 g/mol. The van der Waals surface area contributed by atoms with Crippen LogP contribution in [0.3, 0.4) is 0 Å². The third-order valence-electron chi connectivity index (χ3n) is 12.4. The maximum Gasteiger partial charge on any atom is -0.00158 e. The van der Waals surface area contributed by atoms with Crippen LogP contribution in [0.2, 0.25) is 0 Å². The van der Waals surface area contributed by atoms with Crippen LogP contribution in [-0.4, -0.2) is 0 Å². The van der Waals surface area contributed by atoms with Crippen molar-refractivity contribution < 1.29 is 0 Å². The molecular weight excluding hydrogens is 360 g/mol. The molecule has 0 aromatic heterocycles. The molecule has 0 aromatic carbocycles. The molecule has 0 heteroatoms. The molecule has 0 aromatic rings. The highest BCUT2D eigenvalue weighted by molar-refractivity contribution is 5.49. The van der Waals surface area contributed by atoms with E-state index in [2.05, 4.69) is 67.5 Å².